The number of anilines is 1. The van der Waals surface area contributed by atoms with Crippen LogP contribution in [0.25, 0.3) is 11.8 Å². The van der Waals surface area contributed by atoms with Crippen LogP contribution in [0.2, 0.25) is 0 Å². The summed E-state index contributed by atoms with van der Waals surface area (Å²) in [4.78, 5) is 50.2. The zero-order valence-corrected chi connectivity index (χ0v) is 19.0. The molecule has 3 aromatic rings. The van der Waals surface area contributed by atoms with E-state index in [1.54, 1.807) is 77.6 Å². The largest absolute Gasteiger partial charge is 0.497 e. The molecule has 1 fully saturated rings. The second-order valence-electron chi connectivity index (χ2n) is 7.57. The number of methoxy groups -OCH3 is 1. The van der Waals surface area contributed by atoms with E-state index in [-0.39, 0.29) is 5.70 Å². The van der Waals surface area contributed by atoms with E-state index < -0.39 is 30.3 Å². The summed E-state index contributed by atoms with van der Waals surface area (Å²) in [5.74, 6) is -1.06. The molecule has 36 heavy (non-hydrogen) atoms. The Morgan fingerprint density at radius 2 is 1.81 bits per heavy atom. The molecular formula is C25H20N6O5. The van der Waals surface area contributed by atoms with Crippen molar-refractivity contribution in [2.45, 2.75) is 0 Å². The predicted molar refractivity (Wildman–Crippen MR) is 129 cm³/mol. The molecule has 0 aliphatic carbocycles. The summed E-state index contributed by atoms with van der Waals surface area (Å²) in [7, 11) is 1.53. The Hall–Kier alpha value is -5.37. The van der Waals surface area contributed by atoms with Gasteiger partial charge in [-0.05, 0) is 66.7 Å². The highest BCUT2D eigenvalue weighted by atomic mass is 16.5. The smallest absolute Gasteiger partial charge is 0.329 e. The van der Waals surface area contributed by atoms with Crippen molar-refractivity contribution in [3.8, 4) is 17.6 Å². The molecule has 1 aromatic heterocycles. The fourth-order valence-electron chi connectivity index (χ4n) is 3.52. The monoisotopic (exact) mass is 484 g/mol. The van der Waals surface area contributed by atoms with Gasteiger partial charge in [0.15, 0.2) is 6.19 Å². The van der Waals surface area contributed by atoms with Gasteiger partial charge in [-0.1, -0.05) is 0 Å². The highest BCUT2D eigenvalue weighted by Gasteiger charge is 2.35. The van der Waals surface area contributed by atoms with Crippen LogP contribution in [0.5, 0.6) is 5.75 Å². The number of nitrogens with zero attached hydrogens (tertiary/aromatic N) is 3. The molecule has 0 spiro atoms. The zero-order valence-electron chi connectivity index (χ0n) is 19.0. The van der Waals surface area contributed by atoms with Gasteiger partial charge in [-0.15, -0.1) is 0 Å². The van der Waals surface area contributed by atoms with Crippen molar-refractivity contribution >= 4 is 35.5 Å². The van der Waals surface area contributed by atoms with Crippen LogP contribution in [-0.2, 0) is 9.59 Å². The lowest BCUT2D eigenvalue weighted by atomic mass is 10.2. The van der Waals surface area contributed by atoms with Gasteiger partial charge in [0.1, 0.15) is 18.0 Å². The van der Waals surface area contributed by atoms with Gasteiger partial charge in [-0.25, -0.2) is 9.69 Å². The van der Waals surface area contributed by atoms with Gasteiger partial charge < -0.3 is 19.9 Å². The maximum absolute atomic E-state index is 12.8. The summed E-state index contributed by atoms with van der Waals surface area (Å²) >= 11 is 0. The summed E-state index contributed by atoms with van der Waals surface area (Å²) in [5.41, 5.74) is 2.10. The van der Waals surface area contributed by atoms with Gasteiger partial charge in [-0.3, -0.25) is 19.7 Å². The molecule has 3 N–H and O–H groups in total. The Bertz CT molecular complexity index is 1400. The van der Waals surface area contributed by atoms with Gasteiger partial charge in [0.25, 0.3) is 11.8 Å². The van der Waals surface area contributed by atoms with Crippen molar-refractivity contribution in [1.82, 2.24) is 20.1 Å². The minimum atomic E-state index is -0.706. The van der Waals surface area contributed by atoms with Crippen LogP contribution in [0.3, 0.4) is 0 Å². The number of hydrogen-bond donors (Lipinski definition) is 3. The number of rotatable bonds is 7. The maximum atomic E-state index is 12.8. The molecule has 2 heterocycles. The first kappa shape index (κ1) is 23.8. The van der Waals surface area contributed by atoms with E-state index in [1.165, 1.54) is 13.2 Å². The van der Waals surface area contributed by atoms with Gasteiger partial charge in [0, 0.05) is 28.8 Å². The number of carbonyl (C=O) groups excluding carboxylic acids is 4. The Kier molecular flexibility index (Phi) is 6.78. The lowest BCUT2D eigenvalue weighted by Gasteiger charge is -2.12. The summed E-state index contributed by atoms with van der Waals surface area (Å²) in [5, 5.41) is 15.8. The summed E-state index contributed by atoms with van der Waals surface area (Å²) < 4.78 is 6.82. The van der Waals surface area contributed by atoms with Crippen LogP contribution < -0.4 is 20.7 Å². The molecule has 0 unspecified atom stereocenters. The molecule has 1 saturated heterocycles. The van der Waals surface area contributed by atoms with Crippen molar-refractivity contribution in [3.05, 3.63) is 83.8 Å². The standard InChI is InChI=1S/C25H20N6O5/c1-36-20-10-6-17(7-11-20)28-22(32)14-31-24(34)21(29-25(31)35)13-19-3-2-12-30(19)18-8-4-16(5-9-18)23(33)27-15-26/h2-13H,14H2,1H3,(H,27,33)(H,28,32)(H,29,35)/b21-13-. The number of nitrogens with one attached hydrogen (secondary N) is 3. The molecule has 11 heteroatoms. The Balaban J connectivity index is 1.46. The first-order chi connectivity index (χ1) is 17.4. The quantitative estimate of drug-likeness (QED) is 0.203. The summed E-state index contributed by atoms with van der Waals surface area (Å²) in [6.07, 6.45) is 4.83. The van der Waals surface area contributed by atoms with E-state index in [9.17, 15) is 19.2 Å². The van der Waals surface area contributed by atoms with Crippen LogP contribution in [-0.4, -0.2) is 46.9 Å². The molecule has 0 atom stereocenters. The molecule has 11 nitrogen and oxygen atoms in total. The molecule has 0 radical (unpaired) electrons. The SMILES string of the molecule is COc1ccc(NC(=O)CN2C(=O)N/C(=C\c3cccn3-c3ccc(C(=O)NC#N)cc3)C2=O)cc1. The van der Waals surface area contributed by atoms with Gasteiger partial charge in [-0.2, -0.15) is 5.26 Å². The lowest BCUT2D eigenvalue weighted by Crippen LogP contribution is -2.38. The third-order valence-corrected chi connectivity index (χ3v) is 5.29. The van der Waals surface area contributed by atoms with Gasteiger partial charge >= 0.3 is 6.03 Å². The van der Waals surface area contributed by atoms with Crippen molar-refractivity contribution in [1.29, 1.82) is 5.26 Å². The summed E-state index contributed by atoms with van der Waals surface area (Å²) in [6.45, 7) is -0.457. The second-order valence-corrected chi connectivity index (χ2v) is 7.57. The minimum Gasteiger partial charge on any atom is -0.497 e. The molecule has 4 rings (SSSR count). The third-order valence-electron chi connectivity index (χ3n) is 5.29. The minimum absolute atomic E-state index is 0.0159. The number of carbonyl (C=O) groups is 4. The van der Waals surface area contributed by atoms with Crippen LogP contribution >= 0.6 is 0 Å². The van der Waals surface area contributed by atoms with Crippen LogP contribution in [0.1, 0.15) is 16.1 Å². The predicted octanol–water partition coefficient (Wildman–Crippen LogP) is 2.23. The van der Waals surface area contributed by atoms with Crippen LogP contribution in [0.4, 0.5) is 10.5 Å². The molecule has 1 aliphatic rings. The highest BCUT2D eigenvalue weighted by Crippen LogP contribution is 2.19. The van der Waals surface area contributed by atoms with E-state index in [2.05, 4.69) is 16.0 Å². The molecular weight excluding hydrogens is 464 g/mol. The van der Waals surface area contributed by atoms with Gasteiger partial charge in [0.05, 0.1) is 7.11 Å². The number of benzene rings is 2. The first-order valence-electron chi connectivity index (χ1n) is 10.7. The number of aromatic nitrogens is 1. The molecule has 180 valence electrons. The molecule has 1 aliphatic heterocycles. The van der Waals surface area contributed by atoms with Crippen molar-refractivity contribution < 1.29 is 23.9 Å². The van der Waals surface area contributed by atoms with Crippen LogP contribution in [0.15, 0.2) is 72.6 Å². The number of imide groups is 1. The van der Waals surface area contributed by atoms with E-state index in [4.69, 9.17) is 10.00 Å². The fraction of sp³-hybridized carbons (Fsp3) is 0.0800. The lowest BCUT2D eigenvalue weighted by molar-refractivity contribution is -0.127. The normalized spacial score (nSPS) is 13.8. The summed E-state index contributed by atoms with van der Waals surface area (Å²) in [6, 6.07) is 15.9. The number of ether oxygens (including phenoxy) is 1. The Labute approximate surface area is 205 Å². The average Bonchev–Trinajstić information content (AvgIpc) is 3.44. The van der Waals surface area contributed by atoms with E-state index >= 15 is 0 Å². The van der Waals surface area contributed by atoms with Crippen molar-refractivity contribution in [2.24, 2.45) is 0 Å². The van der Waals surface area contributed by atoms with Crippen molar-refractivity contribution in [2.75, 3.05) is 19.0 Å². The average molecular weight is 484 g/mol. The van der Waals surface area contributed by atoms with Crippen molar-refractivity contribution in [3.63, 3.8) is 0 Å². The number of amides is 5. The Morgan fingerprint density at radius 1 is 1.08 bits per heavy atom. The molecule has 0 bridgehead atoms. The molecule has 2 aromatic carbocycles. The topological polar surface area (TPSA) is 146 Å². The number of nitriles is 1. The van der Waals surface area contributed by atoms with E-state index in [0.717, 1.165) is 4.90 Å². The number of urea groups is 1. The molecule has 0 saturated carbocycles. The second kappa shape index (κ2) is 10.3. The van der Waals surface area contributed by atoms with E-state index in [0.29, 0.717) is 28.4 Å². The van der Waals surface area contributed by atoms with Gasteiger partial charge in [0.2, 0.25) is 5.91 Å². The highest BCUT2D eigenvalue weighted by molar-refractivity contribution is 6.15. The van der Waals surface area contributed by atoms with E-state index in [1.807, 2.05) is 0 Å². The Morgan fingerprint density at radius 3 is 2.47 bits per heavy atom. The maximum Gasteiger partial charge on any atom is 0.329 e. The third kappa shape index (κ3) is 5.07. The number of hydrogen-bond acceptors (Lipinski definition) is 6. The first-order valence-corrected chi connectivity index (χ1v) is 10.7. The zero-order chi connectivity index (χ0) is 25.7. The van der Waals surface area contributed by atoms with Crippen LogP contribution in [0, 0.1) is 11.5 Å². The fourth-order valence-corrected chi connectivity index (χ4v) is 3.52. The molecule has 5 amide bonds.